The van der Waals surface area contributed by atoms with Crippen molar-refractivity contribution in [2.24, 2.45) is 5.41 Å². The first-order chi connectivity index (χ1) is 12.9. The molecule has 1 aromatic carbocycles. The van der Waals surface area contributed by atoms with E-state index in [2.05, 4.69) is 41.8 Å². The van der Waals surface area contributed by atoms with E-state index in [0.29, 0.717) is 19.4 Å². The molecule has 1 aliphatic heterocycles. The number of amides is 2. The van der Waals surface area contributed by atoms with Gasteiger partial charge in [-0.2, -0.15) is 0 Å². The number of hydrogen-bond acceptors (Lipinski definition) is 3. The van der Waals surface area contributed by atoms with Crippen molar-refractivity contribution in [1.82, 2.24) is 9.80 Å². The highest BCUT2D eigenvalue weighted by molar-refractivity contribution is 7.13. The summed E-state index contributed by atoms with van der Waals surface area (Å²) in [4.78, 5) is 30.2. The van der Waals surface area contributed by atoms with Crippen molar-refractivity contribution in [3.8, 4) is 10.4 Å². The molecule has 2 amide bonds. The van der Waals surface area contributed by atoms with E-state index in [1.807, 2.05) is 25.9 Å². The molecule has 0 N–H and O–H groups in total. The number of nitrogens with zero attached hydrogens (tertiary/aromatic N) is 2. The van der Waals surface area contributed by atoms with Crippen LogP contribution in [0.2, 0.25) is 0 Å². The van der Waals surface area contributed by atoms with Gasteiger partial charge in [0.05, 0.1) is 5.41 Å². The second-order valence-corrected chi connectivity index (χ2v) is 8.55. The van der Waals surface area contributed by atoms with E-state index in [4.69, 9.17) is 0 Å². The molecule has 1 aromatic heterocycles. The number of hydrogen-bond donors (Lipinski definition) is 0. The molecule has 1 fully saturated rings. The highest BCUT2D eigenvalue weighted by Gasteiger charge is 2.44. The third-order valence-corrected chi connectivity index (χ3v) is 6.31. The van der Waals surface area contributed by atoms with Crippen molar-refractivity contribution < 1.29 is 9.59 Å². The molecule has 4 nitrogen and oxygen atoms in total. The van der Waals surface area contributed by atoms with Crippen LogP contribution in [-0.2, 0) is 16.0 Å². The first-order valence-corrected chi connectivity index (χ1v) is 10.5. The summed E-state index contributed by atoms with van der Waals surface area (Å²) in [6, 6.07) is 12.7. The van der Waals surface area contributed by atoms with Crippen LogP contribution < -0.4 is 0 Å². The Morgan fingerprint density at radius 2 is 1.93 bits per heavy atom. The van der Waals surface area contributed by atoms with Gasteiger partial charge < -0.3 is 9.80 Å². The minimum atomic E-state index is -0.531. The molecule has 0 aliphatic carbocycles. The highest BCUT2D eigenvalue weighted by Crippen LogP contribution is 2.36. The third-order valence-electron chi connectivity index (χ3n) is 5.39. The number of carbonyl (C=O) groups excluding carboxylic acids is 2. The minimum Gasteiger partial charge on any atom is -0.348 e. The lowest BCUT2D eigenvalue weighted by atomic mass is 9.73. The molecule has 3 rings (SSSR count). The summed E-state index contributed by atoms with van der Waals surface area (Å²) < 4.78 is 0. The fourth-order valence-electron chi connectivity index (χ4n) is 4.06. The van der Waals surface area contributed by atoms with Gasteiger partial charge in [0.25, 0.3) is 0 Å². The second-order valence-electron chi connectivity index (χ2n) is 7.60. The molecule has 2 aromatic rings. The second kappa shape index (κ2) is 8.26. The Hall–Kier alpha value is -2.14. The van der Waals surface area contributed by atoms with Crippen LogP contribution in [0.1, 0.15) is 31.7 Å². The van der Waals surface area contributed by atoms with Gasteiger partial charge in [-0.05, 0) is 41.8 Å². The van der Waals surface area contributed by atoms with Crippen LogP contribution >= 0.6 is 11.3 Å². The van der Waals surface area contributed by atoms with E-state index in [1.165, 1.54) is 10.4 Å². The van der Waals surface area contributed by atoms with Crippen LogP contribution in [0.3, 0.4) is 0 Å². The van der Waals surface area contributed by atoms with E-state index in [0.717, 1.165) is 24.9 Å². The molecular formula is C22H28N2O2S. The number of thiophene rings is 1. The Kier molecular flexibility index (Phi) is 6.00. The van der Waals surface area contributed by atoms with Crippen LogP contribution in [0.15, 0.2) is 41.8 Å². The number of benzene rings is 1. The van der Waals surface area contributed by atoms with Crippen molar-refractivity contribution in [3.63, 3.8) is 0 Å². The normalized spacial score (nSPS) is 19.7. The molecule has 0 radical (unpaired) electrons. The maximum atomic E-state index is 13.1. The lowest BCUT2D eigenvalue weighted by molar-refractivity contribution is -0.147. The zero-order chi connectivity index (χ0) is 19.4. The zero-order valence-corrected chi connectivity index (χ0v) is 17.2. The minimum absolute atomic E-state index is 0.124. The molecule has 5 heteroatoms. The summed E-state index contributed by atoms with van der Waals surface area (Å²) in [5.41, 5.74) is 1.82. The van der Waals surface area contributed by atoms with Gasteiger partial charge in [-0.25, -0.2) is 0 Å². The summed E-state index contributed by atoms with van der Waals surface area (Å²) in [5.74, 6) is 0.261. The highest BCUT2D eigenvalue weighted by atomic mass is 32.1. The van der Waals surface area contributed by atoms with Crippen LogP contribution in [0.5, 0.6) is 0 Å². The largest absolute Gasteiger partial charge is 0.348 e. The SMILES string of the molecule is CCC(=O)N1CCC[C@@](Cc2ccc(-c3cccs3)cc2)(C(=O)N(C)C)C1. The number of carbonyl (C=O) groups is 2. The molecule has 1 atom stereocenters. The standard InChI is InChI=1S/C22H28N2O2S/c1-4-20(25)24-13-6-12-22(16-24,21(26)23(2)3)15-17-8-10-18(11-9-17)19-7-5-14-27-19/h5,7-11,14H,4,6,12-13,15-16H2,1-3H3/t22-/m0/s1. The Morgan fingerprint density at radius 1 is 1.19 bits per heavy atom. The topological polar surface area (TPSA) is 40.6 Å². The maximum Gasteiger partial charge on any atom is 0.230 e. The lowest BCUT2D eigenvalue weighted by Crippen LogP contribution is -2.54. The number of likely N-dealkylation sites (tertiary alicyclic amines) is 1. The molecule has 1 aliphatic rings. The Labute approximate surface area is 165 Å². The maximum absolute atomic E-state index is 13.1. The predicted octanol–water partition coefficient (Wildman–Crippen LogP) is 4.06. The van der Waals surface area contributed by atoms with Gasteiger partial charge in [0.1, 0.15) is 0 Å². The van der Waals surface area contributed by atoms with E-state index in [-0.39, 0.29) is 11.8 Å². The Morgan fingerprint density at radius 3 is 2.52 bits per heavy atom. The molecular weight excluding hydrogens is 356 g/mol. The van der Waals surface area contributed by atoms with Crippen molar-refractivity contribution in [2.45, 2.75) is 32.6 Å². The van der Waals surface area contributed by atoms with Gasteiger partial charge in [0, 0.05) is 38.5 Å². The Bertz CT molecular complexity index is 783. The van der Waals surface area contributed by atoms with Gasteiger partial charge in [0.15, 0.2) is 0 Å². The van der Waals surface area contributed by atoms with Gasteiger partial charge in [0.2, 0.25) is 11.8 Å². The van der Waals surface area contributed by atoms with Crippen molar-refractivity contribution in [1.29, 1.82) is 0 Å². The third kappa shape index (κ3) is 4.24. The first-order valence-electron chi connectivity index (χ1n) is 9.57. The molecule has 0 saturated carbocycles. The number of rotatable bonds is 5. The molecule has 0 spiro atoms. The average Bonchev–Trinajstić information content (AvgIpc) is 3.22. The van der Waals surface area contributed by atoms with Crippen molar-refractivity contribution in [3.05, 3.63) is 47.3 Å². The summed E-state index contributed by atoms with van der Waals surface area (Å²) in [7, 11) is 3.62. The lowest BCUT2D eigenvalue weighted by Gasteiger charge is -2.43. The molecule has 27 heavy (non-hydrogen) atoms. The van der Waals surface area contributed by atoms with Crippen molar-refractivity contribution >= 4 is 23.2 Å². The fourth-order valence-corrected chi connectivity index (χ4v) is 4.79. The average molecular weight is 385 g/mol. The first kappa shape index (κ1) is 19.6. The summed E-state index contributed by atoms with van der Waals surface area (Å²) in [5, 5.41) is 2.08. The number of piperidine rings is 1. The molecule has 0 bridgehead atoms. The summed E-state index contributed by atoms with van der Waals surface area (Å²) in [6.45, 7) is 3.16. The van der Waals surface area contributed by atoms with Crippen LogP contribution in [0.25, 0.3) is 10.4 Å². The molecule has 0 unspecified atom stereocenters. The quantitative estimate of drug-likeness (QED) is 0.780. The summed E-state index contributed by atoms with van der Waals surface area (Å²) in [6.07, 6.45) is 2.85. The van der Waals surface area contributed by atoms with Gasteiger partial charge >= 0.3 is 0 Å². The molecule has 1 saturated heterocycles. The van der Waals surface area contributed by atoms with Gasteiger partial charge in [-0.3, -0.25) is 9.59 Å². The van der Waals surface area contributed by atoms with E-state index >= 15 is 0 Å². The molecule has 144 valence electrons. The van der Waals surface area contributed by atoms with E-state index in [1.54, 1.807) is 16.2 Å². The van der Waals surface area contributed by atoms with E-state index < -0.39 is 5.41 Å². The van der Waals surface area contributed by atoms with Crippen molar-refractivity contribution in [2.75, 3.05) is 27.2 Å². The predicted molar refractivity (Wildman–Crippen MR) is 111 cm³/mol. The van der Waals surface area contributed by atoms with Gasteiger partial charge in [-0.1, -0.05) is 37.3 Å². The summed E-state index contributed by atoms with van der Waals surface area (Å²) >= 11 is 1.73. The van der Waals surface area contributed by atoms with E-state index in [9.17, 15) is 9.59 Å². The monoisotopic (exact) mass is 384 g/mol. The van der Waals surface area contributed by atoms with Crippen LogP contribution in [-0.4, -0.2) is 48.8 Å². The van der Waals surface area contributed by atoms with Crippen LogP contribution in [0.4, 0.5) is 0 Å². The fraction of sp³-hybridized carbons (Fsp3) is 0.455. The molecule has 2 heterocycles. The Balaban J connectivity index is 1.85. The zero-order valence-electron chi connectivity index (χ0n) is 16.4. The van der Waals surface area contributed by atoms with Crippen LogP contribution in [0, 0.1) is 5.41 Å². The smallest absolute Gasteiger partial charge is 0.230 e. The van der Waals surface area contributed by atoms with Gasteiger partial charge in [-0.15, -0.1) is 11.3 Å².